The minimum atomic E-state index is -0.0542. The van der Waals surface area contributed by atoms with Crippen molar-refractivity contribution in [3.05, 3.63) is 39.8 Å². The maximum Gasteiger partial charge on any atom is 0.267 e. The van der Waals surface area contributed by atoms with Gasteiger partial charge in [-0.1, -0.05) is 53.8 Å². The summed E-state index contributed by atoms with van der Waals surface area (Å²) >= 11 is 12.8. The van der Waals surface area contributed by atoms with Crippen LogP contribution in [0.5, 0.6) is 0 Å². The minimum absolute atomic E-state index is 0.0542. The van der Waals surface area contributed by atoms with E-state index in [0.717, 1.165) is 18.7 Å². The van der Waals surface area contributed by atoms with Crippen molar-refractivity contribution in [3.63, 3.8) is 0 Å². The number of hydrogen-bond donors (Lipinski definition) is 0. The number of carbonyl (C=O) groups excluding carboxylic acids is 1. The highest BCUT2D eigenvalue weighted by Gasteiger charge is 2.33. The van der Waals surface area contributed by atoms with Crippen LogP contribution in [0.25, 0.3) is 6.08 Å². The van der Waals surface area contributed by atoms with Crippen LogP contribution in [0.4, 0.5) is 0 Å². The van der Waals surface area contributed by atoms with E-state index in [4.69, 9.17) is 28.6 Å². The molecule has 1 aromatic carbocycles. The third kappa shape index (κ3) is 3.52. The van der Waals surface area contributed by atoms with E-state index < -0.39 is 0 Å². The third-order valence-corrected chi connectivity index (χ3v) is 5.23. The zero-order valence-corrected chi connectivity index (χ0v) is 14.2. The molecule has 0 radical (unpaired) electrons. The standard InChI is InChI=1S/C15H15ClN2O2S2/c16-12-4-2-1-3-11(12)9-13-14(19)18(15(21)22-13)10-17-5-7-20-8-6-17/h1-4,9H,5-8,10H2. The molecule has 0 N–H and O–H groups in total. The Labute approximate surface area is 144 Å². The van der Waals surface area contributed by atoms with Gasteiger partial charge in [0.15, 0.2) is 0 Å². The molecule has 2 aliphatic heterocycles. The van der Waals surface area contributed by atoms with Crippen LogP contribution < -0.4 is 0 Å². The molecule has 1 aromatic rings. The van der Waals surface area contributed by atoms with Crippen molar-refractivity contribution in [1.29, 1.82) is 0 Å². The van der Waals surface area contributed by atoms with Crippen LogP contribution in [0, 0.1) is 0 Å². The van der Waals surface area contributed by atoms with Crippen LogP contribution in [0.2, 0.25) is 5.02 Å². The number of hydrogen-bond acceptors (Lipinski definition) is 5. The molecule has 0 aromatic heterocycles. The lowest BCUT2D eigenvalue weighted by Crippen LogP contribution is -2.45. The predicted octanol–water partition coefficient (Wildman–Crippen LogP) is 2.83. The van der Waals surface area contributed by atoms with Gasteiger partial charge >= 0.3 is 0 Å². The Morgan fingerprint density at radius 2 is 2.05 bits per heavy atom. The number of halogens is 1. The lowest BCUT2D eigenvalue weighted by atomic mass is 10.2. The molecular formula is C15H15ClN2O2S2. The molecule has 2 aliphatic rings. The second kappa shape index (κ2) is 7.10. The highest BCUT2D eigenvalue weighted by molar-refractivity contribution is 8.26. The van der Waals surface area contributed by atoms with Gasteiger partial charge in [-0.2, -0.15) is 0 Å². The number of ether oxygens (including phenoxy) is 1. The van der Waals surface area contributed by atoms with Gasteiger partial charge in [0.25, 0.3) is 5.91 Å². The first-order chi connectivity index (χ1) is 10.6. The summed E-state index contributed by atoms with van der Waals surface area (Å²) < 4.78 is 5.91. The van der Waals surface area contributed by atoms with Gasteiger partial charge in [0.2, 0.25) is 0 Å². The summed E-state index contributed by atoms with van der Waals surface area (Å²) in [5.41, 5.74) is 0.830. The highest BCUT2D eigenvalue weighted by atomic mass is 35.5. The first-order valence-electron chi connectivity index (χ1n) is 6.95. The average Bonchev–Trinajstić information content (AvgIpc) is 2.78. The molecule has 116 valence electrons. The van der Waals surface area contributed by atoms with Crippen LogP contribution in [-0.2, 0) is 9.53 Å². The fourth-order valence-corrected chi connectivity index (χ4v) is 3.72. The van der Waals surface area contributed by atoms with Crippen LogP contribution in [0.1, 0.15) is 5.56 Å². The van der Waals surface area contributed by atoms with E-state index in [9.17, 15) is 4.79 Å². The maximum absolute atomic E-state index is 12.6. The molecule has 22 heavy (non-hydrogen) atoms. The fourth-order valence-electron chi connectivity index (χ4n) is 2.30. The highest BCUT2D eigenvalue weighted by Crippen LogP contribution is 2.33. The van der Waals surface area contributed by atoms with Gasteiger partial charge in [0, 0.05) is 18.1 Å². The van der Waals surface area contributed by atoms with Crippen LogP contribution in [-0.4, -0.2) is 53.0 Å². The molecule has 0 saturated carbocycles. The van der Waals surface area contributed by atoms with Crippen molar-refractivity contribution >= 4 is 51.9 Å². The average molecular weight is 355 g/mol. The number of morpholine rings is 1. The minimum Gasteiger partial charge on any atom is -0.379 e. The molecule has 0 bridgehead atoms. The molecule has 1 amide bonds. The largest absolute Gasteiger partial charge is 0.379 e. The summed E-state index contributed by atoms with van der Waals surface area (Å²) in [6, 6.07) is 7.45. The van der Waals surface area contributed by atoms with Crippen molar-refractivity contribution < 1.29 is 9.53 Å². The lowest BCUT2D eigenvalue weighted by molar-refractivity contribution is -0.124. The Kier molecular flexibility index (Phi) is 5.15. The Balaban J connectivity index is 1.75. The molecule has 3 rings (SSSR count). The van der Waals surface area contributed by atoms with Gasteiger partial charge in [0.1, 0.15) is 4.32 Å². The molecular weight excluding hydrogens is 340 g/mol. The molecule has 0 atom stereocenters. The summed E-state index contributed by atoms with van der Waals surface area (Å²) in [5.74, 6) is -0.0542. The molecule has 0 unspecified atom stereocenters. The van der Waals surface area contributed by atoms with E-state index in [0.29, 0.717) is 34.1 Å². The van der Waals surface area contributed by atoms with Crippen molar-refractivity contribution in [2.24, 2.45) is 0 Å². The molecule has 2 saturated heterocycles. The molecule has 4 nitrogen and oxygen atoms in total. The van der Waals surface area contributed by atoms with E-state index in [2.05, 4.69) is 4.90 Å². The van der Waals surface area contributed by atoms with E-state index in [-0.39, 0.29) is 5.91 Å². The Morgan fingerprint density at radius 3 is 2.77 bits per heavy atom. The smallest absolute Gasteiger partial charge is 0.267 e. The van der Waals surface area contributed by atoms with E-state index >= 15 is 0 Å². The van der Waals surface area contributed by atoms with E-state index in [1.165, 1.54) is 11.8 Å². The quantitative estimate of drug-likeness (QED) is 0.615. The summed E-state index contributed by atoms with van der Waals surface area (Å²) in [4.78, 5) is 17.0. The topological polar surface area (TPSA) is 32.8 Å². The van der Waals surface area contributed by atoms with Gasteiger partial charge in [-0.15, -0.1) is 0 Å². The number of rotatable bonds is 3. The number of nitrogens with zero attached hydrogens (tertiary/aromatic N) is 2. The maximum atomic E-state index is 12.6. The molecule has 2 heterocycles. The van der Waals surface area contributed by atoms with Crippen molar-refractivity contribution in [3.8, 4) is 0 Å². The Hall–Kier alpha value is -0.920. The third-order valence-electron chi connectivity index (χ3n) is 3.51. The second-order valence-corrected chi connectivity index (χ2v) is 7.09. The van der Waals surface area contributed by atoms with Gasteiger partial charge < -0.3 is 4.74 Å². The van der Waals surface area contributed by atoms with Crippen LogP contribution in [0.3, 0.4) is 0 Å². The number of thioether (sulfide) groups is 1. The summed E-state index contributed by atoms with van der Waals surface area (Å²) in [5, 5.41) is 0.626. The lowest BCUT2D eigenvalue weighted by Gasteiger charge is -2.29. The zero-order valence-electron chi connectivity index (χ0n) is 11.8. The zero-order chi connectivity index (χ0) is 15.5. The molecule has 0 aliphatic carbocycles. The first-order valence-corrected chi connectivity index (χ1v) is 8.55. The summed E-state index contributed by atoms with van der Waals surface area (Å²) in [6.07, 6.45) is 1.81. The SMILES string of the molecule is O=C1C(=Cc2ccccc2Cl)SC(=S)N1CN1CCOCC1. The van der Waals surface area contributed by atoms with E-state index in [1.54, 1.807) is 11.0 Å². The molecule has 0 spiro atoms. The second-order valence-electron chi connectivity index (χ2n) is 5.00. The van der Waals surface area contributed by atoms with Gasteiger partial charge in [-0.05, 0) is 17.7 Å². The van der Waals surface area contributed by atoms with Crippen molar-refractivity contribution in [2.45, 2.75) is 0 Å². The van der Waals surface area contributed by atoms with Crippen molar-refractivity contribution in [1.82, 2.24) is 9.80 Å². The Morgan fingerprint density at radius 1 is 1.32 bits per heavy atom. The van der Waals surface area contributed by atoms with Crippen LogP contribution in [0.15, 0.2) is 29.2 Å². The predicted molar refractivity (Wildman–Crippen MR) is 93.7 cm³/mol. The number of amides is 1. The number of benzene rings is 1. The monoisotopic (exact) mass is 354 g/mol. The molecule has 2 fully saturated rings. The Bertz CT molecular complexity index is 630. The van der Waals surface area contributed by atoms with Gasteiger partial charge in [-0.25, -0.2) is 0 Å². The van der Waals surface area contributed by atoms with Crippen molar-refractivity contribution in [2.75, 3.05) is 33.0 Å². The fraction of sp³-hybridized carbons (Fsp3) is 0.333. The van der Waals surface area contributed by atoms with Gasteiger partial charge in [0.05, 0.1) is 24.8 Å². The number of carbonyl (C=O) groups is 1. The first kappa shape index (κ1) is 16.0. The normalized spacial score (nSPS) is 21.9. The van der Waals surface area contributed by atoms with Gasteiger partial charge in [-0.3, -0.25) is 14.6 Å². The summed E-state index contributed by atoms with van der Waals surface area (Å²) in [6.45, 7) is 3.56. The van der Waals surface area contributed by atoms with E-state index in [1.807, 2.05) is 24.3 Å². The van der Waals surface area contributed by atoms with Crippen LogP contribution >= 0.6 is 35.6 Å². The summed E-state index contributed by atoms with van der Waals surface area (Å²) in [7, 11) is 0. The number of thiocarbonyl (C=S) groups is 1. The molecule has 7 heteroatoms.